The molecule has 0 saturated carbocycles. The molecule has 0 atom stereocenters. The lowest BCUT2D eigenvalue weighted by Gasteiger charge is -2.18. The Kier molecular flexibility index (Phi) is 3.83. The van der Waals surface area contributed by atoms with Crippen molar-refractivity contribution in [3.63, 3.8) is 0 Å². The van der Waals surface area contributed by atoms with Gasteiger partial charge >= 0.3 is 0 Å². The number of fused-ring (bicyclic) bond motifs is 1. The molecule has 1 aromatic heterocycles. The van der Waals surface area contributed by atoms with Gasteiger partial charge in [-0.05, 0) is 30.2 Å². The molecule has 0 aliphatic heterocycles. The van der Waals surface area contributed by atoms with E-state index in [0.717, 1.165) is 16.6 Å². The van der Waals surface area contributed by atoms with Gasteiger partial charge in [-0.2, -0.15) is 0 Å². The average Bonchev–Trinajstić information content (AvgIpc) is 2.55. The number of carbonyl (C=O) groups excluding carboxylic acids is 1. The normalized spacial score (nSPS) is 10.6. The SMILES string of the molecule is Cc1ccccc1CN(C)C(=O)c1cnc2ccccc2n1. The zero-order valence-corrected chi connectivity index (χ0v) is 12.7. The highest BCUT2D eigenvalue weighted by Crippen LogP contribution is 2.13. The molecule has 0 aliphatic carbocycles. The molecule has 3 rings (SSSR count). The molecule has 0 saturated heterocycles. The third-order valence-electron chi connectivity index (χ3n) is 3.68. The number of nitrogens with zero attached hydrogens (tertiary/aromatic N) is 3. The van der Waals surface area contributed by atoms with Crippen LogP contribution in [0.25, 0.3) is 11.0 Å². The lowest BCUT2D eigenvalue weighted by atomic mass is 10.1. The Morgan fingerprint density at radius 1 is 1.05 bits per heavy atom. The molecule has 3 aromatic rings. The van der Waals surface area contributed by atoms with E-state index in [-0.39, 0.29) is 5.91 Å². The van der Waals surface area contributed by atoms with E-state index in [1.165, 1.54) is 5.56 Å². The van der Waals surface area contributed by atoms with Gasteiger partial charge in [0.05, 0.1) is 17.2 Å². The maximum Gasteiger partial charge on any atom is 0.274 e. The summed E-state index contributed by atoms with van der Waals surface area (Å²) in [4.78, 5) is 22.9. The Labute approximate surface area is 129 Å². The Balaban J connectivity index is 1.84. The number of rotatable bonds is 3. The highest BCUT2D eigenvalue weighted by atomic mass is 16.2. The number of hydrogen-bond acceptors (Lipinski definition) is 3. The summed E-state index contributed by atoms with van der Waals surface area (Å²) < 4.78 is 0. The van der Waals surface area contributed by atoms with Crippen LogP contribution in [0.4, 0.5) is 0 Å². The molecule has 0 N–H and O–H groups in total. The molecule has 4 heteroatoms. The second kappa shape index (κ2) is 5.93. The van der Waals surface area contributed by atoms with E-state index >= 15 is 0 Å². The molecule has 1 amide bonds. The molecule has 0 radical (unpaired) electrons. The first-order valence-corrected chi connectivity index (χ1v) is 7.17. The Bertz CT molecular complexity index is 829. The highest BCUT2D eigenvalue weighted by molar-refractivity contribution is 5.93. The van der Waals surface area contributed by atoms with Crippen molar-refractivity contribution in [3.05, 3.63) is 71.5 Å². The fourth-order valence-corrected chi connectivity index (χ4v) is 2.37. The van der Waals surface area contributed by atoms with Crippen LogP contribution in [-0.2, 0) is 6.54 Å². The molecular weight excluding hydrogens is 274 g/mol. The second-order valence-electron chi connectivity index (χ2n) is 5.33. The number of para-hydroxylation sites is 2. The molecule has 22 heavy (non-hydrogen) atoms. The lowest BCUT2D eigenvalue weighted by molar-refractivity contribution is 0.0779. The van der Waals surface area contributed by atoms with E-state index in [0.29, 0.717) is 12.2 Å². The first kappa shape index (κ1) is 14.2. The second-order valence-corrected chi connectivity index (χ2v) is 5.33. The fraction of sp³-hybridized carbons (Fsp3) is 0.167. The molecule has 0 fully saturated rings. The highest BCUT2D eigenvalue weighted by Gasteiger charge is 2.15. The topological polar surface area (TPSA) is 46.1 Å². The maximum atomic E-state index is 12.5. The van der Waals surface area contributed by atoms with Crippen molar-refractivity contribution in [1.29, 1.82) is 0 Å². The van der Waals surface area contributed by atoms with Crippen molar-refractivity contribution >= 4 is 16.9 Å². The summed E-state index contributed by atoms with van der Waals surface area (Å²) in [7, 11) is 1.78. The summed E-state index contributed by atoms with van der Waals surface area (Å²) in [5.74, 6) is -0.124. The van der Waals surface area contributed by atoms with Crippen molar-refractivity contribution in [1.82, 2.24) is 14.9 Å². The molecule has 0 unspecified atom stereocenters. The molecule has 1 heterocycles. The number of amides is 1. The molecular formula is C18H17N3O. The van der Waals surface area contributed by atoms with Crippen LogP contribution in [0, 0.1) is 6.92 Å². The van der Waals surface area contributed by atoms with Gasteiger partial charge in [-0.15, -0.1) is 0 Å². The minimum Gasteiger partial charge on any atom is -0.336 e. The van der Waals surface area contributed by atoms with Crippen molar-refractivity contribution in [3.8, 4) is 0 Å². The molecule has 2 aromatic carbocycles. The number of benzene rings is 2. The van der Waals surface area contributed by atoms with Crippen molar-refractivity contribution < 1.29 is 4.79 Å². The van der Waals surface area contributed by atoms with Crippen LogP contribution in [0.1, 0.15) is 21.6 Å². The fourth-order valence-electron chi connectivity index (χ4n) is 2.37. The Hall–Kier alpha value is -2.75. The average molecular weight is 291 g/mol. The Morgan fingerprint density at radius 3 is 2.50 bits per heavy atom. The smallest absolute Gasteiger partial charge is 0.274 e. The Morgan fingerprint density at radius 2 is 1.73 bits per heavy atom. The monoisotopic (exact) mass is 291 g/mol. The summed E-state index contributed by atoms with van der Waals surface area (Å²) in [5.41, 5.74) is 4.20. The van der Waals surface area contributed by atoms with Gasteiger partial charge in [0.2, 0.25) is 0 Å². The van der Waals surface area contributed by atoms with Gasteiger partial charge in [0, 0.05) is 13.6 Å². The zero-order chi connectivity index (χ0) is 15.5. The van der Waals surface area contributed by atoms with Gasteiger partial charge in [-0.3, -0.25) is 9.78 Å². The van der Waals surface area contributed by atoms with Crippen LogP contribution in [0.5, 0.6) is 0 Å². The van der Waals surface area contributed by atoms with Crippen molar-refractivity contribution in [2.75, 3.05) is 7.05 Å². The number of aryl methyl sites for hydroxylation is 1. The van der Waals surface area contributed by atoms with E-state index in [4.69, 9.17) is 0 Å². The molecule has 0 spiro atoms. The van der Waals surface area contributed by atoms with Crippen LogP contribution in [0.3, 0.4) is 0 Å². The minimum absolute atomic E-state index is 0.124. The standard InChI is InChI=1S/C18H17N3O/c1-13-7-3-4-8-14(13)12-21(2)18(22)17-11-19-15-9-5-6-10-16(15)20-17/h3-11H,12H2,1-2H3. The predicted octanol–water partition coefficient (Wildman–Crippen LogP) is 3.21. The number of carbonyl (C=O) groups is 1. The number of hydrogen-bond donors (Lipinski definition) is 0. The van der Waals surface area contributed by atoms with Crippen LogP contribution in [0.15, 0.2) is 54.7 Å². The van der Waals surface area contributed by atoms with Gasteiger partial charge < -0.3 is 4.90 Å². The van der Waals surface area contributed by atoms with Crippen LogP contribution < -0.4 is 0 Å². The third kappa shape index (κ3) is 2.81. The summed E-state index contributed by atoms with van der Waals surface area (Å²) in [6.45, 7) is 2.60. The van der Waals surface area contributed by atoms with E-state index in [1.807, 2.05) is 55.5 Å². The van der Waals surface area contributed by atoms with Gasteiger partial charge in [0.1, 0.15) is 5.69 Å². The van der Waals surface area contributed by atoms with Crippen LogP contribution >= 0.6 is 0 Å². The van der Waals surface area contributed by atoms with Gasteiger partial charge in [0.15, 0.2) is 0 Å². The summed E-state index contributed by atoms with van der Waals surface area (Å²) in [5, 5.41) is 0. The summed E-state index contributed by atoms with van der Waals surface area (Å²) in [6, 6.07) is 15.6. The molecule has 0 bridgehead atoms. The zero-order valence-electron chi connectivity index (χ0n) is 12.7. The van der Waals surface area contributed by atoms with Crippen molar-refractivity contribution in [2.24, 2.45) is 0 Å². The van der Waals surface area contributed by atoms with Gasteiger partial charge in [0.25, 0.3) is 5.91 Å². The molecule has 4 nitrogen and oxygen atoms in total. The summed E-state index contributed by atoms with van der Waals surface area (Å²) in [6.07, 6.45) is 1.54. The predicted molar refractivity (Wildman–Crippen MR) is 86.5 cm³/mol. The van der Waals surface area contributed by atoms with E-state index in [9.17, 15) is 4.79 Å². The van der Waals surface area contributed by atoms with Crippen molar-refractivity contribution in [2.45, 2.75) is 13.5 Å². The summed E-state index contributed by atoms with van der Waals surface area (Å²) >= 11 is 0. The largest absolute Gasteiger partial charge is 0.336 e. The maximum absolute atomic E-state index is 12.5. The lowest BCUT2D eigenvalue weighted by Crippen LogP contribution is -2.27. The van der Waals surface area contributed by atoms with E-state index in [2.05, 4.69) is 9.97 Å². The third-order valence-corrected chi connectivity index (χ3v) is 3.68. The van der Waals surface area contributed by atoms with Gasteiger partial charge in [-0.1, -0.05) is 36.4 Å². The van der Waals surface area contributed by atoms with E-state index < -0.39 is 0 Å². The van der Waals surface area contributed by atoms with Crippen LogP contribution in [0.2, 0.25) is 0 Å². The van der Waals surface area contributed by atoms with E-state index in [1.54, 1.807) is 18.1 Å². The molecule has 110 valence electrons. The quantitative estimate of drug-likeness (QED) is 0.744. The van der Waals surface area contributed by atoms with Crippen LogP contribution in [-0.4, -0.2) is 27.8 Å². The molecule has 0 aliphatic rings. The minimum atomic E-state index is -0.124. The van der Waals surface area contributed by atoms with Gasteiger partial charge in [-0.25, -0.2) is 4.98 Å². The number of aromatic nitrogens is 2. The first-order valence-electron chi connectivity index (χ1n) is 7.17. The first-order chi connectivity index (χ1) is 10.6.